The van der Waals surface area contributed by atoms with Crippen LogP contribution in [0.15, 0.2) is 36.4 Å². The van der Waals surface area contributed by atoms with Gasteiger partial charge in [0.1, 0.15) is 23.6 Å². The van der Waals surface area contributed by atoms with Gasteiger partial charge in [0.15, 0.2) is 0 Å². The van der Waals surface area contributed by atoms with Crippen LogP contribution >= 0.6 is 0 Å². The van der Waals surface area contributed by atoms with Gasteiger partial charge in [-0.25, -0.2) is 9.59 Å². The van der Waals surface area contributed by atoms with E-state index in [9.17, 15) is 14.4 Å². The quantitative estimate of drug-likeness (QED) is 0.487. The topological polar surface area (TPSA) is 84.9 Å². The number of rotatable bonds is 4. The highest BCUT2D eigenvalue weighted by Gasteiger charge is 2.55. The number of amides is 3. The van der Waals surface area contributed by atoms with Crippen molar-refractivity contribution in [2.75, 3.05) is 13.7 Å². The first-order chi connectivity index (χ1) is 13.9. The molecule has 1 N–H and O–H groups in total. The molecule has 4 rings (SSSR count). The molecule has 0 aromatic heterocycles. The number of esters is 1. The molecule has 2 unspecified atom stereocenters. The van der Waals surface area contributed by atoms with E-state index < -0.39 is 24.1 Å². The number of carbonyl (C=O) groups is 3. The molecule has 0 bridgehead atoms. The molecule has 2 aromatic rings. The smallest absolute Gasteiger partial charge is 0.331 e. The number of hydrogen-bond acceptors (Lipinski definition) is 5. The van der Waals surface area contributed by atoms with E-state index in [0.717, 1.165) is 34.9 Å². The number of urea groups is 1. The summed E-state index contributed by atoms with van der Waals surface area (Å²) in [5.41, 5.74) is -0.880. The molecule has 1 spiro atoms. The number of nitrogens with one attached hydrogen (secondary N) is 1. The van der Waals surface area contributed by atoms with Crippen LogP contribution in [0.2, 0.25) is 0 Å². The Morgan fingerprint density at radius 1 is 1.14 bits per heavy atom. The molecule has 0 radical (unpaired) electrons. The maximum atomic E-state index is 13.0. The Kier molecular flexibility index (Phi) is 4.90. The molecule has 1 saturated carbocycles. The second-order valence-corrected chi connectivity index (χ2v) is 7.79. The number of ether oxygens (including phenoxy) is 2. The van der Waals surface area contributed by atoms with Gasteiger partial charge in [0.25, 0.3) is 5.91 Å². The minimum absolute atomic E-state index is 0.0455. The Morgan fingerprint density at radius 2 is 1.86 bits per heavy atom. The molecule has 2 fully saturated rings. The zero-order valence-electron chi connectivity index (χ0n) is 16.6. The monoisotopic (exact) mass is 396 g/mol. The van der Waals surface area contributed by atoms with Crippen molar-refractivity contribution < 1.29 is 23.9 Å². The van der Waals surface area contributed by atoms with Crippen molar-refractivity contribution in [2.45, 2.75) is 38.1 Å². The summed E-state index contributed by atoms with van der Waals surface area (Å²) in [6.07, 6.45) is 3.41. The summed E-state index contributed by atoms with van der Waals surface area (Å²) in [6, 6.07) is 10.3. The van der Waals surface area contributed by atoms with E-state index in [2.05, 4.69) is 5.32 Å². The van der Waals surface area contributed by atoms with Crippen LogP contribution in [0.1, 0.15) is 32.6 Å². The van der Waals surface area contributed by atoms with Crippen molar-refractivity contribution in [2.24, 2.45) is 5.92 Å². The maximum absolute atomic E-state index is 13.0. The predicted octanol–water partition coefficient (Wildman–Crippen LogP) is 3.25. The van der Waals surface area contributed by atoms with Crippen LogP contribution in [-0.2, 0) is 9.59 Å². The van der Waals surface area contributed by atoms with Crippen LogP contribution in [0, 0.1) is 5.92 Å². The number of fused-ring (bicyclic) bond motifs is 1. The molecule has 7 nitrogen and oxygen atoms in total. The number of carbonyl (C=O) groups excluding carboxylic acids is 3. The van der Waals surface area contributed by atoms with Crippen molar-refractivity contribution in [1.82, 2.24) is 10.2 Å². The first kappa shape index (κ1) is 19.2. The van der Waals surface area contributed by atoms with E-state index >= 15 is 0 Å². The molecular weight excluding hydrogens is 372 g/mol. The van der Waals surface area contributed by atoms with Gasteiger partial charge in [-0.2, -0.15) is 0 Å². The minimum atomic E-state index is -0.880. The highest BCUT2D eigenvalue weighted by atomic mass is 16.5. The minimum Gasteiger partial charge on any atom is -0.497 e. The van der Waals surface area contributed by atoms with Gasteiger partial charge < -0.3 is 14.8 Å². The first-order valence-corrected chi connectivity index (χ1v) is 9.85. The highest BCUT2D eigenvalue weighted by molar-refractivity contribution is 6.09. The van der Waals surface area contributed by atoms with Crippen LogP contribution in [0.4, 0.5) is 4.79 Å². The fraction of sp³-hybridized carbons (Fsp3) is 0.409. The lowest BCUT2D eigenvalue weighted by Gasteiger charge is -2.36. The van der Waals surface area contributed by atoms with E-state index in [4.69, 9.17) is 9.47 Å². The van der Waals surface area contributed by atoms with Gasteiger partial charge >= 0.3 is 12.0 Å². The standard InChI is InChI=1S/C22H24N2O5/c1-14-5-3-4-10-22(14)20(26)24(21(27)23-22)13-19(25)29-18-9-7-15-6-8-17(28-2)11-16(15)12-18/h6-9,11-12,14H,3-5,10,13H2,1-2H3,(H,23,27). The largest absolute Gasteiger partial charge is 0.497 e. The number of hydrogen-bond donors (Lipinski definition) is 1. The third-order valence-corrected chi connectivity index (χ3v) is 6.04. The molecule has 29 heavy (non-hydrogen) atoms. The number of benzene rings is 2. The molecule has 2 atom stereocenters. The van der Waals surface area contributed by atoms with Gasteiger partial charge in [-0.1, -0.05) is 31.9 Å². The molecule has 1 aliphatic carbocycles. The van der Waals surface area contributed by atoms with Crippen LogP contribution in [0.5, 0.6) is 11.5 Å². The molecule has 7 heteroatoms. The summed E-state index contributed by atoms with van der Waals surface area (Å²) in [5.74, 6) is 0.117. The first-order valence-electron chi connectivity index (χ1n) is 9.85. The van der Waals surface area contributed by atoms with Crippen molar-refractivity contribution in [3.63, 3.8) is 0 Å². The van der Waals surface area contributed by atoms with Gasteiger partial charge in [0, 0.05) is 0 Å². The predicted molar refractivity (Wildman–Crippen MR) is 107 cm³/mol. The average Bonchev–Trinajstić information content (AvgIpc) is 2.94. The van der Waals surface area contributed by atoms with E-state index in [1.165, 1.54) is 0 Å². The summed E-state index contributed by atoms with van der Waals surface area (Å²) >= 11 is 0. The van der Waals surface area contributed by atoms with E-state index in [-0.39, 0.29) is 11.8 Å². The van der Waals surface area contributed by atoms with Gasteiger partial charge in [0.05, 0.1) is 7.11 Å². The molecule has 3 amide bonds. The Hall–Kier alpha value is -3.09. The zero-order valence-corrected chi connectivity index (χ0v) is 16.6. The summed E-state index contributed by atoms with van der Waals surface area (Å²) < 4.78 is 10.6. The van der Waals surface area contributed by atoms with Crippen molar-refractivity contribution >= 4 is 28.7 Å². The Morgan fingerprint density at radius 3 is 2.59 bits per heavy atom. The lowest BCUT2D eigenvalue weighted by atomic mass is 9.73. The number of methoxy groups -OCH3 is 1. The molecule has 152 valence electrons. The summed E-state index contributed by atoms with van der Waals surface area (Å²) in [7, 11) is 1.59. The average molecular weight is 396 g/mol. The van der Waals surface area contributed by atoms with Crippen molar-refractivity contribution in [1.29, 1.82) is 0 Å². The van der Waals surface area contributed by atoms with Gasteiger partial charge in [0.2, 0.25) is 0 Å². The van der Waals surface area contributed by atoms with Crippen LogP contribution in [-0.4, -0.2) is 42.0 Å². The Labute approximate surface area is 169 Å². The second-order valence-electron chi connectivity index (χ2n) is 7.79. The summed E-state index contributed by atoms with van der Waals surface area (Å²) in [4.78, 5) is 38.8. The fourth-order valence-electron chi connectivity index (χ4n) is 4.33. The summed E-state index contributed by atoms with van der Waals surface area (Å²) in [5, 5.41) is 4.68. The molecule has 2 aliphatic rings. The van der Waals surface area contributed by atoms with E-state index in [1.807, 2.05) is 31.2 Å². The van der Waals surface area contributed by atoms with Crippen molar-refractivity contribution in [3.8, 4) is 11.5 Å². The molecule has 1 heterocycles. The highest BCUT2D eigenvalue weighted by Crippen LogP contribution is 2.38. The van der Waals surface area contributed by atoms with E-state index in [1.54, 1.807) is 19.2 Å². The zero-order chi connectivity index (χ0) is 20.6. The maximum Gasteiger partial charge on any atom is 0.331 e. The lowest BCUT2D eigenvalue weighted by molar-refractivity contribution is -0.142. The van der Waals surface area contributed by atoms with Gasteiger partial charge in [-0.15, -0.1) is 0 Å². The van der Waals surface area contributed by atoms with Gasteiger partial charge in [-0.05, 0) is 53.8 Å². The SMILES string of the molecule is COc1ccc2ccc(OC(=O)CN3C(=O)NC4(CCCCC4C)C3=O)cc2c1. The molecule has 1 saturated heterocycles. The molecule has 2 aromatic carbocycles. The van der Waals surface area contributed by atoms with Crippen LogP contribution in [0.3, 0.4) is 0 Å². The Bertz CT molecular complexity index is 988. The number of imide groups is 1. The fourth-order valence-corrected chi connectivity index (χ4v) is 4.33. The molecular formula is C22H24N2O5. The Balaban J connectivity index is 1.47. The van der Waals surface area contributed by atoms with Gasteiger partial charge in [-0.3, -0.25) is 9.69 Å². The lowest BCUT2D eigenvalue weighted by Crippen LogP contribution is -2.54. The van der Waals surface area contributed by atoms with Crippen molar-refractivity contribution in [3.05, 3.63) is 36.4 Å². The third kappa shape index (κ3) is 3.41. The number of nitrogens with zero attached hydrogens (tertiary/aromatic N) is 1. The summed E-state index contributed by atoms with van der Waals surface area (Å²) in [6.45, 7) is 1.57. The normalized spacial score (nSPS) is 24.1. The third-order valence-electron chi connectivity index (χ3n) is 6.04. The van der Waals surface area contributed by atoms with Crippen LogP contribution < -0.4 is 14.8 Å². The second kappa shape index (κ2) is 7.39. The molecule has 1 aliphatic heterocycles. The van der Waals surface area contributed by atoms with Crippen LogP contribution in [0.25, 0.3) is 10.8 Å². The van der Waals surface area contributed by atoms with E-state index in [0.29, 0.717) is 17.9 Å².